The maximum atomic E-state index is 12.7. The molecule has 26 heavy (non-hydrogen) atoms. The summed E-state index contributed by atoms with van der Waals surface area (Å²) < 4.78 is 5.19. The maximum absolute atomic E-state index is 12.7. The van der Waals surface area contributed by atoms with Crippen molar-refractivity contribution in [1.82, 2.24) is 0 Å². The number of phenols is 1. The molecule has 0 spiro atoms. The van der Waals surface area contributed by atoms with Gasteiger partial charge in [-0.25, -0.2) is 4.90 Å². The molecule has 1 N–H and O–H groups in total. The predicted octanol–water partition coefficient (Wildman–Crippen LogP) is 3.55. The van der Waals surface area contributed by atoms with Crippen LogP contribution in [0.1, 0.15) is 5.56 Å². The van der Waals surface area contributed by atoms with Crippen LogP contribution in [0.25, 0.3) is 6.08 Å². The van der Waals surface area contributed by atoms with Gasteiger partial charge in [-0.15, -0.1) is 0 Å². The van der Waals surface area contributed by atoms with Crippen LogP contribution in [0.4, 0.5) is 16.2 Å². The van der Waals surface area contributed by atoms with E-state index < -0.39 is 27.5 Å². The summed E-state index contributed by atoms with van der Waals surface area (Å²) in [4.78, 5) is 36.2. The van der Waals surface area contributed by atoms with Crippen LogP contribution in [0.15, 0.2) is 47.4 Å². The Morgan fingerprint density at radius 2 is 1.96 bits per heavy atom. The Bertz CT molecular complexity index is 956. The summed E-state index contributed by atoms with van der Waals surface area (Å²) in [6, 6.07) is 10.3. The number of carbonyl (C=O) groups excluding carboxylic acids is 2. The maximum Gasteiger partial charge on any atom is 0.311 e. The fourth-order valence-corrected chi connectivity index (χ4v) is 3.25. The summed E-state index contributed by atoms with van der Waals surface area (Å²) in [6.07, 6.45) is 1.37. The SMILES string of the molecule is COc1ccccc1N1C(=O)SC(=Cc2ccc(O)c([N+](=O)[O-])c2)C1=O. The second-order valence-corrected chi connectivity index (χ2v) is 6.19. The number of amides is 2. The van der Waals surface area contributed by atoms with Crippen molar-refractivity contribution in [2.24, 2.45) is 0 Å². The van der Waals surface area contributed by atoms with Gasteiger partial charge in [-0.2, -0.15) is 0 Å². The molecule has 3 rings (SSSR count). The molecule has 0 atom stereocenters. The van der Waals surface area contributed by atoms with Crippen LogP contribution in [0.5, 0.6) is 11.5 Å². The van der Waals surface area contributed by atoms with E-state index in [4.69, 9.17) is 4.74 Å². The monoisotopic (exact) mass is 372 g/mol. The lowest BCUT2D eigenvalue weighted by molar-refractivity contribution is -0.385. The minimum atomic E-state index is -0.729. The summed E-state index contributed by atoms with van der Waals surface area (Å²) in [5.74, 6) is -0.661. The van der Waals surface area contributed by atoms with Crippen LogP contribution in [0.3, 0.4) is 0 Å². The van der Waals surface area contributed by atoms with E-state index in [1.54, 1.807) is 24.3 Å². The van der Waals surface area contributed by atoms with Crippen molar-refractivity contribution in [3.63, 3.8) is 0 Å². The molecule has 1 heterocycles. The average Bonchev–Trinajstić information content (AvgIpc) is 2.89. The largest absolute Gasteiger partial charge is 0.502 e. The highest BCUT2D eigenvalue weighted by Gasteiger charge is 2.37. The predicted molar refractivity (Wildman–Crippen MR) is 96.2 cm³/mol. The summed E-state index contributed by atoms with van der Waals surface area (Å²) >= 11 is 0.720. The molecule has 8 nitrogen and oxygen atoms in total. The number of benzene rings is 2. The Kier molecular flexibility index (Phi) is 4.63. The number of anilines is 1. The number of nitro groups is 1. The molecule has 0 radical (unpaired) electrons. The van der Waals surface area contributed by atoms with Crippen molar-refractivity contribution in [1.29, 1.82) is 0 Å². The highest BCUT2D eigenvalue weighted by molar-refractivity contribution is 8.19. The zero-order valence-corrected chi connectivity index (χ0v) is 14.2. The van der Waals surface area contributed by atoms with E-state index in [2.05, 4.69) is 0 Å². The van der Waals surface area contributed by atoms with E-state index >= 15 is 0 Å². The molecular formula is C17H12N2O6S. The molecule has 0 aliphatic carbocycles. The zero-order valence-electron chi connectivity index (χ0n) is 13.4. The molecular weight excluding hydrogens is 360 g/mol. The lowest BCUT2D eigenvalue weighted by Gasteiger charge is -2.15. The first-order valence-corrected chi connectivity index (χ1v) is 8.12. The minimum absolute atomic E-state index is 0.112. The van der Waals surface area contributed by atoms with Crippen molar-refractivity contribution < 1.29 is 24.4 Å². The molecule has 1 aliphatic rings. The van der Waals surface area contributed by atoms with Gasteiger partial charge in [0.05, 0.1) is 22.6 Å². The van der Waals surface area contributed by atoms with E-state index in [0.29, 0.717) is 17.0 Å². The Labute approximate surface area is 151 Å². The molecule has 1 fully saturated rings. The first-order chi connectivity index (χ1) is 12.4. The number of aromatic hydroxyl groups is 1. The summed E-state index contributed by atoms with van der Waals surface area (Å²) in [7, 11) is 1.43. The molecule has 1 saturated heterocycles. The van der Waals surface area contributed by atoms with Crippen molar-refractivity contribution in [2.75, 3.05) is 12.0 Å². The van der Waals surface area contributed by atoms with Crippen LogP contribution in [-0.4, -0.2) is 28.3 Å². The van der Waals surface area contributed by atoms with Crippen LogP contribution in [0, 0.1) is 10.1 Å². The van der Waals surface area contributed by atoms with Crippen LogP contribution < -0.4 is 9.64 Å². The number of nitro benzene ring substituents is 1. The van der Waals surface area contributed by atoms with E-state index in [-0.39, 0.29) is 4.91 Å². The second kappa shape index (κ2) is 6.89. The van der Waals surface area contributed by atoms with Gasteiger partial charge in [-0.1, -0.05) is 18.2 Å². The Morgan fingerprint density at radius 1 is 1.23 bits per heavy atom. The van der Waals surface area contributed by atoms with Crippen LogP contribution in [0.2, 0.25) is 0 Å². The highest BCUT2D eigenvalue weighted by Crippen LogP contribution is 2.40. The summed E-state index contributed by atoms with van der Waals surface area (Å²) in [5, 5.41) is 19.9. The molecule has 9 heteroatoms. The lowest BCUT2D eigenvalue weighted by Crippen LogP contribution is -2.28. The molecule has 0 unspecified atom stereocenters. The minimum Gasteiger partial charge on any atom is -0.502 e. The molecule has 2 aromatic carbocycles. The summed E-state index contributed by atoms with van der Waals surface area (Å²) in [5.41, 5.74) is 0.153. The molecule has 0 saturated carbocycles. The van der Waals surface area contributed by atoms with Gasteiger partial charge in [0.2, 0.25) is 0 Å². The van der Waals surface area contributed by atoms with Crippen LogP contribution in [-0.2, 0) is 4.79 Å². The number of carbonyl (C=O) groups is 2. The van der Waals surface area contributed by atoms with Gasteiger partial charge in [-0.3, -0.25) is 19.7 Å². The number of phenolic OH excluding ortho intramolecular Hbond substituents is 1. The standard InChI is InChI=1S/C17H12N2O6S/c1-25-14-5-3-2-4-11(14)18-16(21)15(26-17(18)22)9-10-6-7-13(20)12(8-10)19(23)24/h2-9,20H,1H3. The first-order valence-electron chi connectivity index (χ1n) is 7.30. The second-order valence-electron chi connectivity index (χ2n) is 5.19. The fraction of sp³-hybridized carbons (Fsp3) is 0.0588. The van der Waals surface area contributed by atoms with Gasteiger partial charge >= 0.3 is 5.69 Å². The molecule has 0 aromatic heterocycles. The van der Waals surface area contributed by atoms with E-state index in [1.807, 2.05) is 0 Å². The fourth-order valence-electron chi connectivity index (χ4n) is 2.42. The number of para-hydroxylation sites is 2. The smallest absolute Gasteiger partial charge is 0.311 e. The number of rotatable bonds is 4. The van der Waals surface area contributed by atoms with E-state index in [9.17, 15) is 24.8 Å². The van der Waals surface area contributed by atoms with Crippen molar-refractivity contribution >= 4 is 40.4 Å². The highest BCUT2D eigenvalue weighted by atomic mass is 32.2. The third-order valence-electron chi connectivity index (χ3n) is 3.61. The summed E-state index contributed by atoms with van der Waals surface area (Å²) in [6.45, 7) is 0. The number of hydrogen-bond acceptors (Lipinski definition) is 7. The quantitative estimate of drug-likeness (QED) is 0.496. The average molecular weight is 372 g/mol. The number of methoxy groups -OCH3 is 1. The molecule has 1 aliphatic heterocycles. The normalized spacial score (nSPS) is 15.6. The molecule has 2 aromatic rings. The topological polar surface area (TPSA) is 110 Å². The first kappa shape index (κ1) is 17.5. The van der Waals surface area contributed by atoms with Gasteiger partial charge < -0.3 is 9.84 Å². The number of ether oxygens (including phenoxy) is 1. The Hall–Kier alpha value is -3.33. The van der Waals surface area contributed by atoms with Gasteiger partial charge in [0.25, 0.3) is 11.1 Å². The van der Waals surface area contributed by atoms with E-state index in [1.165, 1.54) is 19.3 Å². The van der Waals surface area contributed by atoms with E-state index in [0.717, 1.165) is 28.8 Å². The van der Waals surface area contributed by atoms with Gasteiger partial charge in [0, 0.05) is 6.07 Å². The zero-order chi connectivity index (χ0) is 18.8. The van der Waals surface area contributed by atoms with Crippen molar-refractivity contribution in [3.8, 4) is 11.5 Å². The Balaban J connectivity index is 1.98. The third kappa shape index (κ3) is 3.11. The van der Waals surface area contributed by atoms with Crippen LogP contribution >= 0.6 is 11.8 Å². The number of nitrogens with zero attached hydrogens (tertiary/aromatic N) is 2. The van der Waals surface area contributed by atoms with Gasteiger partial charge in [0.15, 0.2) is 5.75 Å². The Morgan fingerprint density at radius 3 is 2.65 bits per heavy atom. The van der Waals surface area contributed by atoms with Gasteiger partial charge in [0.1, 0.15) is 5.75 Å². The molecule has 132 valence electrons. The van der Waals surface area contributed by atoms with Gasteiger partial charge in [-0.05, 0) is 41.6 Å². The lowest BCUT2D eigenvalue weighted by atomic mass is 10.1. The number of hydrogen-bond donors (Lipinski definition) is 1. The molecule has 0 bridgehead atoms. The molecule has 2 amide bonds. The van der Waals surface area contributed by atoms with Crippen molar-refractivity contribution in [3.05, 3.63) is 63.0 Å². The van der Waals surface area contributed by atoms with Crippen molar-refractivity contribution in [2.45, 2.75) is 0 Å². The third-order valence-corrected chi connectivity index (χ3v) is 4.48. The number of imide groups is 1. The number of thioether (sulfide) groups is 1.